The van der Waals surface area contributed by atoms with E-state index in [1.807, 2.05) is 42.6 Å². The molecule has 2 aromatic heterocycles. The van der Waals surface area contributed by atoms with Crippen molar-refractivity contribution in [3.8, 4) is 0 Å². The summed E-state index contributed by atoms with van der Waals surface area (Å²) in [5, 5.41) is 5.13. The summed E-state index contributed by atoms with van der Waals surface area (Å²) in [5.74, 6) is 0. The number of rotatable bonds is 2. The lowest BCUT2D eigenvalue weighted by atomic mass is 10.2. The summed E-state index contributed by atoms with van der Waals surface area (Å²) in [6.45, 7) is 0. The third-order valence-electron chi connectivity index (χ3n) is 2.57. The first-order chi connectivity index (χ1) is 8.33. The van der Waals surface area contributed by atoms with Crippen LogP contribution in [0.1, 0.15) is 0 Å². The van der Waals surface area contributed by atoms with Crippen LogP contribution >= 0.6 is 11.6 Å². The molecule has 3 aromatic rings. The highest BCUT2D eigenvalue weighted by Gasteiger charge is 2.03. The fraction of sp³-hybridized carbons (Fsp3) is 0. The number of hydrogen-bond acceptors (Lipinski definition) is 2. The van der Waals surface area contributed by atoms with Gasteiger partial charge in [0.05, 0.1) is 5.69 Å². The van der Waals surface area contributed by atoms with Crippen molar-refractivity contribution in [2.75, 3.05) is 5.32 Å². The van der Waals surface area contributed by atoms with Gasteiger partial charge in [0.2, 0.25) is 0 Å². The molecule has 0 radical (unpaired) electrons. The number of anilines is 2. The van der Waals surface area contributed by atoms with Crippen LogP contribution in [-0.2, 0) is 0 Å². The molecule has 0 saturated carbocycles. The predicted octanol–water partition coefficient (Wildman–Crippen LogP) is 3.96. The fourth-order valence-corrected chi connectivity index (χ4v) is 1.87. The van der Waals surface area contributed by atoms with E-state index in [4.69, 9.17) is 11.6 Å². The third-order valence-corrected chi connectivity index (χ3v) is 2.83. The summed E-state index contributed by atoms with van der Waals surface area (Å²) >= 11 is 5.84. The fourth-order valence-electron chi connectivity index (χ4n) is 1.75. The second kappa shape index (κ2) is 4.11. The maximum atomic E-state index is 5.84. The average molecular weight is 244 g/mol. The van der Waals surface area contributed by atoms with Crippen LogP contribution in [0.4, 0.5) is 11.4 Å². The topological polar surface area (TPSA) is 40.7 Å². The number of halogens is 1. The molecule has 3 nitrogen and oxygen atoms in total. The minimum Gasteiger partial charge on any atom is -0.354 e. The van der Waals surface area contributed by atoms with Crippen LogP contribution in [0.5, 0.6) is 0 Å². The molecule has 0 unspecified atom stereocenters. The lowest BCUT2D eigenvalue weighted by Gasteiger charge is -2.04. The predicted molar refractivity (Wildman–Crippen MR) is 70.8 cm³/mol. The molecule has 0 aliphatic rings. The molecule has 0 saturated heterocycles. The standard InChI is InChI=1S/C13H10ClN3/c14-9-3-5-10(6-4-9)17-12-8-16-13-11(12)2-1-7-15-13/h1-8,17H,(H,15,16). The van der Waals surface area contributed by atoms with Crippen molar-refractivity contribution in [3.63, 3.8) is 0 Å². The molecule has 0 bridgehead atoms. The van der Waals surface area contributed by atoms with Crippen molar-refractivity contribution >= 4 is 34.0 Å². The van der Waals surface area contributed by atoms with Gasteiger partial charge in [0, 0.05) is 28.5 Å². The van der Waals surface area contributed by atoms with Gasteiger partial charge < -0.3 is 10.3 Å². The third kappa shape index (κ3) is 1.97. The summed E-state index contributed by atoms with van der Waals surface area (Å²) in [6, 6.07) is 11.5. The Labute approximate surface area is 103 Å². The van der Waals surface area contributed by atoms with Crippen LogP contribution in [0.3, 0.4) is 0 Å². The number of nitrogens with one attached hydrogen (secondary N) is 2. The van der Waals surface area contributed by atoms with Crippen LogP contribution in [0.15, 0.2) is 48.8 Å². The summed E-state index contributed by atoms with van der Waals surface area (Å²) in [5.41, 5.74) is 2.89. The smallest absolute Gasteiger partial charge is 0.139 e. The van der Waals surface area contributed by atoms with E-state index < -0.39 is 0 Å². The Kier molecular flexibility index (Phi) is 2.46. The van der Waals surface area contributed by atoms with Gasteiger partial charge in [-0.2, -0.15) is 0 Å². The molecule has 1 aromatic carbocycles. The van der Waals surface area contributed by atoms with E-state index >= 15 is 0 Å². The maximum absolute atomic E-state index is 5.84. The van der Waals surface area contributed by atoms with Gasteiger partial charge in [0.15, 0.2) is 0 Å². The van der Waals surface area contributed by atoms with E-state index in [0.29, 0.717) is 0 Å². The number of hydrogen-bond donors (Lipinski definition) is 2. The van der Waals surface area contributed by atoms with Crippen LogP contribution in [0.25, 0.3) is 11.0 Å². The molecule has 2 N–H and O–H groups in total. The molecule has 3 rings (SSSR count). The maximum Gasteiger partial charge on any atom is 0.139 e. The molecular weight excluding hydrogens is 234 g/mol. The molecule has 0 aliphatic heterocycles. The highest BCUT2D eigenvalue weighted by atomic mass is 35.5. The summed E-state index contributed by atoms with van der Waals surface area (Å²) < 4.78 is 0. The van der Waals surface area contributed by atoms with Crippen molar-refractivity contribution in [2.45, 2.75) is 0 Å². The SMILES string of the molecule is Clc1ccc(Nc2c[nH]c3ncccc23)cc1. The number of H-pyrrole nitrogens is 1. The molecule has 4 heteroatoms. The summed E-state index contributed by atoms with van der Waals surface area (Å²) in [7, 11) is 0. The zero-order valence-electron chi connectivity index (χ0n) is 8.94. The molecule has 0 spiro atoms. The normalized spacial score (nSPS) is 10.6. The van der Waals surface area contributed by atoms with Gasteiger partial charge in [-0.05, 0) is 36.4 Å². The van der Waals surface area contributed by atoms with Gasteiger partial charge in [-0.25, -0.2) is 4.98 Å². The van der Waals surface area contributed by atoms with Gasteiger partial charge in [0.1, 0.15) is 5.65 Å². The minimum absolute atomic E-state index is 0.733. The first-order valence-electron chi connectivity index (χ1n) is 5.27. The van der Waals surface area contributed by atoms with Gasteiger partial charge in [0.25, 0.3) is 0 Å². The second-order valence-electron chi connectivity index (χ2n) is 3.73. The number of nitrogens with zero attached hydrogens (tertiary/aromatic N) is 1. The molecule has 17 heavy (non-hydrogen) atoms. The average Bonchev–Trinajstić information content (AvgIpc) is 2.76. The quantitative estimate of drug-likeness (QED) is 0.715. The van der Waals surface area contributed by atoms with E-state index in [0.717, 1.165) is 27.4 Å². The minimum atomic E-state index is 0.733. The summed E-state index contributed by atoms with van der Waals surface area (Å²) in [4.78, 5) is 7.36. The lowest BCUT2D eigenvalue weighted by molar-refractivity contribution is 1.33. The lowest BCUT2D eigenvalue weighted by Crippen LogP contribution is -1.88. The van der Waals surface area contributed by atoms with Crippen LogP contribution in [0, 0.1) is 0 Å². The number of benzene rings is 1. The van der Waals surface area contributed by atoms with Gasteiger partial charge in [-0.3, -0.25) is 0 Å². The Morgan fingerprint density at radius 3 is 2.76 bits per heavy atom. The van der Waals surface area contributed by atoms with Crippen LogP contribution < -0.4 is 5.32 Å². The molecule has 2 heterocycles. The zero-order chi connectivity index (χ0) is 11.7. The Balaban J connectivity index is 1.97. The highest BCUT2D eigenvalue weighted by molar-refractivity contribution is 6.30. The van der Waals surface area contributed by atoms with Gasteiger partial charge >= 0.3 is 0 Å². The molecule has 0 amide bonds. The highest BCUT2D eigenvalue weighted by Crippen LogP contribution is 2.25. The molecule has 0 atom stereocenters. The van der Waals surface area contributed by atoms with E-state index in [9.17, 15) is 0 Å². The van der Waals surface area contributed by atoms with Crippen molar-refractivity contribution in [1.29, 1.82) is 0 Å². The Bertz CT molecular complexity index is 643. The van der Waals surface area contributed by atoms with Gasteiger partial charge in [-0.1, -0.05) is 11.6 Å². The second-order valence-corrected chi connectivity index (χ2v) is 4.17. The number of aromatic nitrogens is 2. The monoisotopic (exact) mass is 243 g/mol. The Hall–Kier alpha value is -2.00. The largest absolute Gasteiger partial charge is 0.354 e. The molecular formula is C13H10ClN3. The van der Waals surface area contributed by atoms with E-state index in [-0.39, 0.29) is 0 Å². The van der Waals surface area contributed by atoms with Gasteiger partial charge in [-0.15, -0.1) is 0 Å². The van der Waals surface area contributed by atoms with E-state index in [1.165, 1.54) is 0 Å². The summed E-state index contributed by atoms with van der Waals surface area (Å²) in [6.07, 6.45) is 3.68. The first-order valence-corrected chi connectivity index (χ1v) is 5.65. The number of aromatic amines is 1. The van der Waals surface area contributed by atoms with Crippen molar-refractivity contribution < 1.29 is 0 Å². The Morgan fingerprint density at radius 2 is 1.94 bits per heavy atom. The first kappa shape index (κ1) is 10.2. The Morgan fingerprint density at radius 1 is 1.12 bits per heavy atom. The zero-order valence-corrected chi connectivity index (χ0v) is 9.70. The molecule has 0 fully saturated rings. The van der Waals surface area contributed by atoms with Crippen LogP contribution in [0.2, 0.25) is 5.02 Å². The molecule has 0 aliphatic carbocycles. The van der Waals surface area contributed by atoms with Crippen molar-refractivity contribution in [2.24, 2.45) is 0 Å². The van der Waals surface area contributed by atoms with Crippen LogP contribution in [-0.4, -0.2) is 9.97 Å². The van der Waals surface area contributed by atoms with E-state index in [2.05, 4.69) is 15.3 Å². The number of fused-ring (bicyclic) bond motifs is 1. The van der Waals surface area contributed by atoms with Crippen molar-refractivity contribution in [3.05, 3.63) is 53.8 Å². The molecule has 84 valence electrons. The number of pyridine rings is 1. The van der Waals surface area contributed by atoms with Crippen molar-refractivity contribution in [1.82, 2.24) is 9.97 Å². The van der Waals surface area contributed by atoms with E-state index in [1.54, 1.807) is 6.20 Å².